The molecule has 1 N–H and O–H groups in total. The number of sulfonamides is 1. The molecule has 0 radical (unpaired) electrons. The van der Waals surface area contributed by atoms with E-state index >= 15 is 0 Å². The van der Waals surface area contributed by atoms with Crippen molar-refractivity contribution in [3.05, 3.63) is 0 Å². The Bertz CT molecular complexity index is 240. The van der Waals surface area contributed by atoms with Crippen molar-refractivity contribution in [3.63, 3.8) is 0 Å². The second kappa shape index (κ2) is 3.34. The van der Waals surface area contributed by atoms with Crippen molar-refractivity contribution < 1.29 is 8.42 Å². The monoisotopic (exact) mass is 191 g/mol. The Morgan fingerprint density at radius 3 is 2.17 bits per heavy atom. The van der Waals surface area contributed by atoms with Crippen molar-refractivity contribution in [2.45, 2.75) is 32.7 Å². The van der Waals surface area contributed by atoms with Crippen molar-refractivity contribution >= 4 is 10.0 Å². The van der Waals surface area contributed by atoms with Gasteiger partial charge in [-0.25, -0.2) is 13.1 Å². The van der Waals surface area contributed by atoms with E-state index < -0.39 is 10.0 Å². The van der Waals surface area contributed by atoms with Crippen molar-refractivity contribution in [2.24, 2.45) is 11.8 Å². The highest BCUT2D eigenvalue weighted by molar-refractivity contribution is 7.88. The van der Waals surface area contributed by atoms with Gasteiger partial charge < -0.3 is 0 Å². The molecule has 0 aromatic carbocycles. The molecule has 1 rings (SSSR count). The van der Waals surface area contributed by atoms with E-state index in [0.717, 1.165) is 12.8 Å². The highest BCUT2D eigenvalue weighted by Gasteiger charge is 2.32. The summed E-state index contributed by atoms with van der Waals surface area (Å²) in [4.78, 5) is 0. The molecule has 0 amide bonds. The van der Waals surface area contributed by atoms with Gasteiger partial charge in [-0.3, -0.25) is 0 Å². The standard InChI is InChI=1S/C8H17NO2S/c1-6(2)7-4-8(5-7)9-12(3,10)11/h6-9H,4-5H2,1-3H3. The Balaban J connectivity index is 2.27. The van der Waals surface area contributed by atoms with E-state index in [1.807, 2.05) is 0 Å². The molecule has 0 atom stereocenters. The van der Waals surface area contributed by atoms with E-state index in [0.29, 0.717) is 11.8 Å². The van der Waals surface area contributed by atoms with Gasteiger partial charge in [-0.1, -0.05) is 13.8 Å². The molecule has 1 aliphatic rings. The molecule has 0 aromatic heterocycles. The Morgan fingerprint density at radius 2 is 1.83 bits per heavy atom. The van der Waals surface area contributed by atoms with Gasteiger partial charge >= 0.3 is 0 Å². The predicted molar refractivity (Wildman–Crippen MR) is 49.3 cm³/mol. The van der Waals surface area contributed by atoms with Crippen molar-refractivity contribution in [3.8, 4) is 0 Å². The van der Waals surface area contributed by atoms with Gasteiger partial charge in [0.2, 0.25) is 10.0 Å². The van der Waals surface area contributed by atoms with E-state index in [-0.39, 0.29) is 6.04 Å². The Morgan fingerprint density at radius 1 is 1.33 bits per heavy atom. The first kappa shape index (κ1) is 9.99. The fourth-order valence-corrected chi connectivity index (χ4v) is 2.40. The lowest BCUT2D eigenvalue weighted by Crippen LogP contribution is -2.45. The summed E-state index contributed by atoms with van der Waals surface area (Å²) < 4.78 is 24.2. The zero-order valence-corrected chi connectivity index (χ0v) is 8.69. The first-order valence-corrected chi connectivity index (χ1v) is 6.25. The van der Waals surface area contributed by atoms with Gasteiger partial charge in [0.1, 0.15) is 0 Å². The number of hydrogen-bond donors (Lipinski definition) is 1. The molecule has 0 spiro atoms. The summed E-state index contributed by atoms with van der Waals surface area (Å²) in [5.74, 6) is 1.40. The van der Waals surface area contributed by atoms with Gasteiger partial charge in [-0.2, -0.15) is 0 Å². The average molecular weight is 191 g/mol. The lowest BCUT2D eigenvalue weighted by molar-refractivity contribution is 0.187. The van der Waals surface area contributed by atoms with E-state index in [4.69, 9.17) is 0 Å². The van der Waals surface area contributed by atoms with Crippen LogP contribution in [0.15, 0.2) is 0 Å². The third kappa shape index (κ3) is 2.75. The van der Waals surface area contributed by atoms with Crippen molar-refractivity contribution in [1.29, 1.82) is 0 Å². The summed E-state index contributed by atoms with van der Waals surface area (Å²) in [7, 11) is -2.98. The molecule has 72 valence electrons. The Labute approximate surface area is 74.6 Å². The van der Waals surface area contributed by atoms with Gasteiger partial charge in [-0.15, -0.1) is 0 Å². The molecule has 0 aliphatic heterocycles. The highest BCUT2D eigenvalue weighted by Crippen LogP contribution is 2.33. The maximum atomic E-state index is 10.8. The Hall–Kier alpha value is -0.0900. The molecule has 0 unspecified atom stereocenters. The summed E-state index contributed by atoms with van der Waals surface area (Å²) in [5.41, 5.74) is 0. The zero-order valence-electron chi connectivity index (χ0n) is 7.87. The van der Waals surface area contributed by atoms with Gasteiger partial charge in [0, 0.05) is 6.04 Å². The molecule has 0 saturated heterocycles. The number of nitrogens with one attached hydrogen (secondary N) is 1. The predicted octanol–water partition coefficient (Wildman–Crippen LogP) is 0.970. The van der Waals surface area contributed by atoms with Crippen LogP contribution >= 0.6 is 0 Å². The summed E-state index contributed by atoms with van der Waals surface area (Å²) in [6, 6.07) is 0.201. The summed E-state index contributed by atoms with van der Waals surface area (Å²) >= 11 is 0. The average Bonchev–Trinajstić information content (AvgIpc) is 1.74. The van der Waals surface area contributed by atoms with Crippen LogP contribution < -0.4 is 4.72 Å². The van der Waals surface area contributed by atoms with E-state index in [1.165, 1.54) is 6.26 Å². The molecule has 0 bridgehead atoms. The number of hydrogen-bond acceptors (Lipinski definition) is 2. The van der Waals surface area contributed by atoms with Crippen LogP contribution in [0, 0.1) is 11.8 Å². The lowest BCUT2D eigenvalue weighted by Gasteiger charge is -2.37. The topological polar surface area (TPSA) is 46.2 Å². The fourth-order valence-electron chi connectivity index (χ4n) is 1.61. The quantitative estimate of drug-likeness (QED) is 0.722. The fraction of sp³-hybridized carbons (Fsp3) is 1.00. The van der Waals surface area contributed by atoms with Gasteiger partial charge in [0.05, 0.1) is 6.26 Å². The molecule has 0 aromatic rings. The van der Waals surface area contributed by atoms with Gasteiger partial charge in [0.25, 0.3) is 0 Å². The van der Waals surface area contributed by atoms with Crippen LogP contribution in [0.5, 0.6) is 0 Å². The third-order valence-corrected chi connectivity index (χ3v) is 3.26. The van der Waals surface area contributed by atoms with E-state index in [1.54, 1.807) is 0 Å². The summed E-state index contributed by atoms with van der Waals surface area (Å²) in [5, 5.41) is 0. The largest absolute Gasteiger partial charge is 0.213 e. The second-order valence-electron chi connectivity index (χ2n) is 4.06. The normalized spacial score (nSPS) is 30.3. The van der Waals surface area contributed by atoms with Gasteiger partial charge in [-0.05, 0) is 24.7 Å². The molecule has 1 aliphatic carbocycles. The lowest BCUT2D eigenvalue weighted by atomic mass is 9.74. The second-order valence-corrected chi connectivity index (χ2v) is 5.84. The first-order valence-electron chi connectivity index (χ1n) is 4.36. The molecular formula is C8H17NO2S. The van der Waals surface area contributed by atoms with Gasteiger partial charge in [0.15, 0.2) is 0 Å². The molecule has 0 heterocycles. The zero-order chi connectivity index (χ0) is 9.35. The van der Waals surface area contributed by atoms with Crippen molar-refractivity contribution in [2.75, 3.05) is 6.26 Å². The SMILES string of the molecule is CC(C)C1CC(NS(C)(=O)=O)C1. The minimum absolute atomic E-state index is 0.201. The van der Waals surface area contributed by atoms with E-state index in [2.05, 4.69) is 18.6 Å². The number of rotatable bonds is 3. The highest BCUT2D eigenvalue weighted by atomic mass is 32.2. The van der Waals surface area contributed by atoms with Crippen LogP contribution in [0.1, 0.15) is 26.7 Å². The van der Waals surface area contributed by atoms with Crippen LogP contribution in [0.4, 0.5) is 0 Å². The minimum Gasteiger partial charge on any atom is -0.213 e. The third-order valence-electron chi connectivity index (χ3n) is 2.50. The summed E-state index contributed by atoms with van der Waals surface area (Å²) in [6.45, 7) is 4.36. The summed E-state index contributed by atoms with van der Waals surface area (Å²) in [6.07, 6.45) is 3.23. The molecule has 1 saturated carbocycles. The molecule has 12 heavy (non-hydrogen) atoms. The van der Waals surface area contributed by atoms with Crippen LogP contribution in [-0.2, 0) is 10.0 Å². The Kier molecular flexibility index (Phi) is 2.78. The van der Waals surface area contributed by atoms with Crippen LogP contribution in [-0.4, -0.2) is 20.7 Å². The minimum atomic E-state index is -2.98. The molecule has 3 nitrogen and oxygen atoms in total. The van der Waals surface area contributed by atoms with Crippen LogP contribution in [0.2, 0.25) is 0 Å². The maximum Gasteiger partial charge on any atom is 0.208 e. The molecule has 4 heteroatoms. The first-order chi connectivity index (χ1) is 5.38. The molecule has 1 fully saturated rings. The van der Waals surface area contributed by atoms with Crippen molar-refractivity contribution in [1.82, 2.24) is 4.72 Å². The smallest absolute Gasteiger partial charge is 0.208 e. The van der Waals surface area contributed by atoms with E-state index in [9.17, 15) is 8.42 Å². The molecular weight excluding hydrogens is 174 g/mol. The van der Waals surface area contributed by atoms with Crippen LogP contribution in [0.25, 0.3) is 0 Å². The van der Waals surface area contributed by atoms with Crippen LogP contribution in [0.3, 0.4) is 0 Å². The maximum absolute atomic E-state index is 10.8.